The monoisotopic (exact) mass is 568 g/mol. The van der Waals surface area contributed by atoms with Gasteiger partial charge in [-0.1, -0.05) is 73.7 Å². The van der Waals surface area contributed by atoms with Crippen LogP contribution in [-0.4, -0.2) is 25.9 Å². The number of hydrogen-bond acceptors (Lipinski definition) is 5. The smallest absolute Gasteiger partial charge is 0.265 e. The van der Waals surface area contributed by atoms with Crippen molar-refractivity contribution in [3.63, 3.8) is 0 Å². The zero-order valence-corrected chi connectivity index (χ0v) is 24.4. The molecular formula is C34H36N2O4S. The molecule has 3 aromatic carbocycles. The fourth-order valence-electron chi connectivity index (χ4n) is 4.38. The molecule has 6 nitrogen and oxygen atoms in total. The second-order valence-corrected chi connectivity index (χ2v) is 11.5. The molecule has 0 spiro atoms. The van der Waals surface area contributed by atoms with E-state index in [1.165, 1.54) is 17.2 Å². The number of amides is 1. The Kier molecular flexibility index (Phi) is 10.6. The number of unbranched alkanes of at least 4 members (excludes halogenated alkanes) is 1. The fraction of sp³-hybridized carbons (Fsp3) is 0.235. The lowest BCUT2D eigenvalue weighted by Crippen LogP contribution is -2.31. The molecule has 7 heteroatoms. The average molecular weight is 569 g/mol. The number of hydrogen-bond donors (Lipinski definition) is 1. The van der Waals surface area contributed by atoms with Gasteiger partial charge in [0.15, 0.2) is 0 Å². The number of pyridine rings is 1. The first-order valence-corrected chi connectivity index (χ1v) is 15.3. The Morgan fingerprint density at radius 3 is 2.41 bits per heavy atom. The van der Waals surface area contributed by atoms with Crippen molar-refractivity contribution < 1.29 is 17.9 Å². The molecule has 0 aliphatic carbocycles. The lowest BCUT2D eigenvalue weighted by Gasteiger charge is -2.09. The van der Waals surface area contributed by atoms with Crippen LogP contribution in [0.5, 0.6) is 0 Å². The summed E-state index contributed by atoms with van der Waals surface area (Å²) in [5.41, 5.74) is 5.90. The Bertz CT molecular complexity index is 1600. The average Bonchev–Trinajstić information content (AvgIpc) is 2.98. The molecule has 41 heavy (non-hydrogen) atoms. The summed E-state index contributed by atoms with van der Waals surface area (Å²) in [5.74, 6) is -0.685. The standard InChI is InChI=1S/C34H36N2O4S/c1-3-27-17-19-28(20-18-27)11-6-7-23-40-25-32-15-9-14-31(35-32)22-21-29-12-8-13-30(24-29)34(37)36-41(38,39)33-16-5-4-10-26(33)2/h4-5,8-10,12-22,24H,3,6-7,11,23,25H2,1-2H3,(H,36,37)/b22-21+. The van der Waals surface area contributed by atoms with Crippen molar-refractivity contribution in [2.45, 2.75) is 51.0 Å². The van der Waals surface area contributed by atoms with E-state index in [1.807, 2.05) is 36.4 Å². The van der Waals surface area contributed by atoms with Crippen LogP contribution in [0.15, 0.2) is 95.9 Å². The highest BCUT2D eigenvalue weighted by molar-refractivity contribution is 7.90. The van der Waals surface area contributed by atoms with Crippen LogP contribution in [0.4, 0.5) is 0 Å². The topological polar surface area (TPSA) is 85.4 Å². The number of rotatable bonds is 13. The van der Waals surface area contributed by atoms with E-state index in [2.05, 4.69) is 40.9 Å². The van der Waals surface area contributed by atoms with Gasteiger partial charge < -0.3 is 4.74 Å². The molecule has 4 aromatic rings. The van der Waals surface area contributed by atoms with E-state index in [9.17, 15) is 13.2 Å². The normalized spacial score (nSPS) is 11.6. The summed E-state index contributed by atoms with van der Waals surface area (Å²) in [4.78, 5) is 17.5. The highest BCUT2D eigenvalue weighted by Gasteiger charge is 2.20. The van der Waals surface area contributed by atoms with E-state index in [0.717, 1.165) is 42.6 Å². The van der Waals surface area contributed by atoms with Crippen LogP contribution in [0.25, 0.3) is 12.2 Å². The molecular weight excluding hydrogens is 532 g/mol. The third-order valence-electron chi connectivity index (χ3n) is 6.72. The molecule has 0 aliphatic heterocycles. The first-order chi connectivity index (χ1) is 19.8. The van der Waals surface area contributed by atoms with E-state index in [-0.39, 0.29) is 10.5 Å². The van der Waals surface area contributed by atoms with Gasteiger partial charge in [-0.05, 0) is 91.3 Å². The van der Waals surface area contributed by atoms with Crippen molar-refractivity contribution >= 4 is 28.1 Å². The van der Waals surface area contributed by atoms with Gasteiger partial charge in [-0.3, -0.25) is 9.78 Å². The summed E-state index contributed by atoms with van der Waals surface area (Å²) in [7, 11) is -3.98. The zero-order valence-electron chi connectivity index (χ0n) is 23.5. The van der Waals surface area contributed by atoms with Crippen LogP contribution in [0.1, 0.15) is 63.8 Å². The van der Waals surface area contributed by atoms with Gasteiger partial charge in [0.1, 0.15) is 0 Å². The number of aryl methyl sites for hydroxylation is 3. The molecule has 0 saturated heterocycles. The van der Waals surface area contributed by atoms with E-state index in [0.29, 0.717) is 18.8 Å². The Hall–Kier alpha value is -4.07. The zero-order chi connectivity index (χ0) is 29.1. The number of benzene rings is 3. The molecule has 0 radical (unpaired) electrons. The molecule has 0 fully saturated rings. The Labute approximate surface area is 243 Å². The summed E-state index contributed by atoms with van der Waals surface area (Å²) in [5, 5.41) is 0. The summed E-state index contributed by atoms with van der Waals surface area (Å²) in [6.07, 6.45) is 7.88. The SMILES string of the molecule is CCc1ccc(CCCCOCc2cccc(/C=C/c3cccc(C(=O)NS(=O)(=O)c4ccccc4C)c3)n2)cc1. The van der Waals surface area contributed by atoms with Crippen LogP contribution in [0.3, 0.4) is 0 Å². The van der Waals surface area contributed by atoms with Crippen LogP contribution in [0.2, 0.25) is 0 Å². The molecule has 0 unspecified atom stereocenters. The second-order valence-electron chi connectivity index (χ2n) is 9.89. The predicted octanol–water partition coefficient (Wildman–Crippen LogP) is 6.78. The number of nitrogens with zero attached hydrogens (tertiary/aromatic N) is 1. The lowest BCUT2D eigenvalue weighted by molar-refractivity contribution is 0.0981. The highest BCUT2D eigenvalue weighted by Crippen LogP contribution is 2.16. The maximum atomic E-state index is 12.7. The molecule has 1 amide bonds. The molecule has 0 bridgehead atoms. The second kappa shape index (κ2) is 14.5. The van der Waals surface area contributed by atoms with E-state index >= 15 is 0 Å². The van der Waals surface area contributed by atoms with Crippen molar-refractivity contribution in [1.82, 2.24) is 9.71 Å². The van der Waals surface area contributed by atoms with Crippen LogP contribution in [-0.2, 0) is 34.2 Å². The Balaban J connectivity index is 1.27. The maximum Gasteiger partial charge on any atom is 0.265 e. The quantitative estimate of drug-likeness (QED) is 0.180. The van der Waals surface area contributed by atoms with Gasteiger partial charge in [0.2, 0.25) is 0 Å². The van der Waals surface area contributed by atoms with Gasteiger partial charge in [0.05, 0.1) is 22.9 Å². The van der Waals surface area contributed by atoms with Gasteiger partial charge in [-0.25, -0.2) is 13.1 Å². The third-order valence-corrected chi connectivity index (χ3v) is 8.21. The first kappa shape index (κ1) is 29.9. The van der Waals surface area contributed by atoms with Crippen LogP contribution < -0.4 is 4.72 Å². The number of sulfonamides is 1. The lowest BCUT2D eigenvalue weighted by atomic mass is 10.1. The molecule has 1 N–H and O–H groups in total. The van der Waals surface area contributed by atoms with Crippen molar-refractivity contribution in [3.8, 4) is 0 Å². The molecule has 4 rings (SSSR count). The van der Waals surface area contributed by atoms with E-state index < -0.39 is 15.9 Å². The maximum absolute atomic E-state index is 12.7. The Morgan fingerprint density at radius 2 is 1.63 bits per heavy atom. The number of ether oxygens (including phenoxy) is 1. The minimum absolute atomic E-state index is 0.0805. The molecule has 0 atom stereocenters. The Morgan fingerprint density at radius 1 is 0.878 bits per heavy atom. The molecule has 0 saturated carbocycles. The summed E-state index contributed by atoms with van der Waals surface area (Å²) >= 11 is 0. The number of carbonyl (C=O) groups excluding carboxylic acids is 1. The van der Waals surface area contributed by atoms with Crippen molar-refractivity contribution in [2.75, 3.05) is 6.61 Å². The van der Waals surface area contributed by atoms with Gasteiger partial charge in [0.25, 0.3) is 15.9 Å². The van der Waals surface area contributed by atoms with Crippen molar-refractivity contribution in [1.29, 1.82) is 0 Å². The minimum atomic E-state index is -3.98. The van der Waals surface area contributed by atoms with Crippen molar-refractivity contribution in [2.24, 2.45) is 0 Å². The predicted molar refractivity (Wildman–Crippen MR) is 164 cm³/mol. The molecule has 1 aromatic heterocycles. The fourth-order valence-corrected chi connectivity index (χ4v) is 5.60. The molecule has 212 valence electrons. The first-order valence-electron chi connectivity index (χ1n) is 13.9. The van der Waals surface area contributed by atoms with E-state index in [1.54, 1.807) is 43.3 Å². The van der Waals surface area contributed by atoms with Gasteiger partial charge in [-0.15, -0.1) is 0 Å². The van der Waals surface area contributed by atoms with Crippen LogP contribution in [0, 0.1) is 6.92 Å². The van der Waals surface area contributed by atoms with Gasteiger partial charge in [0, 0.05) is 12.2 Å². The minimum Gasteiger partial charge on any atom is -0.375 e. The number of aromatic nitrogens is 1. The number of nitrogens with one attached hydrogen (secondary N) is 1. The van der Waals surface area contributed by atoms with Gasteiger partial charge >= 0.3 is 0 Å². The highest BCUT2D eigenvalue weighted by atomic mass is 32.2. The summed E-state index contributed by atoms with van der Waals surface area (Å²) in [6.45, 7) is 4.98. The molecule has 1 heterocycles. The summed E-state index contributed by atoms with van der Waals surface area (Å²) in [6, 6.07) is 27.9. The van der Waals surface area contributed by atoms with Crippen LogP contribution >= 0.6 is 0 Å². The number of carbonyl (C=O) groups is 1. The third kappa shape index (κ3) is 8.96. The molecule has 0 aliphatic rings. The van der Waals surface area contributed by atoms with Gasteiger partial charge in [-0.2, -0.15) is 0 Å². The van der Waals surface area contributed by atoms with Crippen molar-refractivity contribution in [3.05, 3.63) is 130 Å². The largest absolute Gasteiger partial charge is 0.375 e. The summed E-state index contributed by atoms with van der Waals surface area (Å²) < 4.78 is 33.4. The van der Waals surface area contributed by atoms with E-state index in [4.69, 9.17) is 4.74 Å².